The number of nitrogens with one attached hydrogen (secondary N) is 3. The molecule has 0 unspecified atom stereocenters. The summed E-state index contributed by atoms with van der Waals surface area (Å²) in [6.45, 7) is 0.631. The average Bonchev–Trinajstić information content (AvgIpc) is 2.53. The van der Waals surface area contributed by atoms with E-state index in [-0.39, 0.29) is 11.9 Å². The van der Waals surface area contributed by atoms with Crippen LogP contribution in [0.4, 0.5) is 16.2 Å². The van der Waals surface area contributed by atoms with E-state index in [1.165, 1.54) is 0 Å². The fraction of sp³-hybridized carbons (Fsp3) is 0.125. The smallest absolute Gasteiger partial charge is 0.319 e. The Morgan fingerprint density at radius 3 is 2.23 bits per heavy atom. The van der Waals surface area contributed by atoms with E-state index in [0.29, 0.717) is 30.0 Å². The molecule has 6 nitrogen and oxygen atoms in total. The van der Waals surface area contributed by atoms with Crippen molar-refractivity contribution < 1.29 is 9.59 Å². The quantitative estimate of drug-likeness (QED) is 0.501. The van der Waals surface area contributed by atoms with Gasteiger partial charge in [-0.15, -0.1) is 0 Å². The van der Waals surface area contributed by atoms with E-state index in [1.807, 2.05) is 18.2 Å². The fourth-order valence-electron chi connectivity index (χ4n) is 1.85. The number of nitrogen functional groups attached to an aromatic ring is 1. The average molecular weight is 298 g/mol. The Labute approximate surface area is 128 Å². The van der Waals surface area contributed by atoms with Gasteiger partial charge in [0.05, 0.1) is 5.56 Å². The summed E-state index contributed by atoms with van der Waals surface area (Å²) < 4.78 is 0. The van der Waals surface area contributed by atoms with E-state index in [4.69, 9.17) is 5.73 Å². The van der Waals surface area contributed by atoms with Crippen LogP contribution in [0.2, 0.25) is 0 Å². The zero-order valence-electron chi connectivity index (χ0n) is 12.0. The van der Waals surface area contributed by atoms with Crippen molar-refractivity contribution in [2.75, 3.05) is 24.1 Å². The third-order valence-corrected chi connectivity index (χ3v) is 2.93. The monoisotopic (exact) mass is 298 g/mol. The first-order valence-corrected chi connectivity index (χ1v) is 6.89. The first-order valence-electron chi connectivity index (χ1n) is 6.89. The SMILES string of the molecule is Nc1ccccc1C(=O)NCCNC(=O)Nc1ccccc1. The molecule has 114 valence electrons. The molecule has 2 aromatic carbocycles. The molecular weight excluding hydrogens is 280 g/mol. The molecule has 0 aliphatic rings. The van der Waals surface area contributed by atoms with Gasteiger partial charge in [0.25, 0.3) is 5.91 Å². The highest BCUT2D eigenvalue weighted by atomic mass is 16.2. The molecule has 0 saturated carbocycles. The van der Waals surface area contributed by atoms with Crippen LogP contribution in [-0.2, 0) is 0 Å². The molecule has 3 amide bonds. The highest BCUT2D eigenvalue weighted by Gasteiger charge is 2.08. The number of nitrogens with two attached hydrogens (primary N) is 1. The summed E-state index contributed by atoms with van der Waals surface area (Å²) in [6, 6.07) is 15.6. The lowest BCUT2D eigenvalue weighted by Gasteiger charge is -2.09. The van der Waals surface area contributed by atoms with Gasteiger partial charge in [0, 0.05) is 24.5 Å². The molecule has 0 fully saturated rings. The van der Waals surface area contributed by atoms with E-state index in [9.17, 15) is 9.59 Å². The van der Waals surface area contributed by atoms with E-state index in [1.54, 1.807) is 36.4 Å². The summed E-state index contributed by atoms with van der Waals surface area (Å²) in [4.78, 5) is 23.5. The number of benzene rings is 2. The minimum Gasteiger partial charge on any atom is -0.398 e. The second-order valence-corrected chi connectivity index (χ2v) is 4.59. The first kappa shape index (κ1) is 15.4. The lowest BCUT2D eigenvalue weighted by molar-refractivity contribution is 0.0955. The topological polar surface area (TPSA) is 96.2 Å². The van der Waals surface area contributed by atoms with E-state index in [0.717, 1.165) is 0 Å². The van der Waals surface area contributed by atoms with Crippen LogP contribution in [-0.4, -0.2) is 25.0 Å². The minimum atomic E-state index is -0.320. The standard InChI is InChI=1S/C16H18N4O2/c17-14-9-5-4-8-13(14)15(21)18-10-11-19-16(22)20-12-6-2-1-3-7-12/h1-9H,10-11,17H2,(H,18,21)(H2,19,20,22). The molecule has 2 aromatic rings. The zero-order valence-corrected chi connectivity index (χ0v) is 12.0. The summed E-state index contributed by atoms with van der Waals surface area (Å²) in [5, 5.41) is 8.04. The number of carbonyl (C=O) groups excluding carboxylic acids is 2. The molecule has 0 spiro atoms. The van der Waals surface area contributed by atoms with Crippen molar-refractivity contribution >= 4 is 23.3 Å². The summed E-state index contributed by atoms with van der Waals surface area (Å²) in [6.07, 6.45) is 0. The number of para-hydroxylation sites is 2. The Balaban J connectivity index is 1.70. The number of amides is 3. The molecule has 0 aliphatic heterocycles. The van der Waals surface area contributed by atoms with Crippen molar-refractivity contribution in [3.05, 3.63) is 60.2 Å². The molecular formula is C16H18N4O2. The zero-order chi connectivity index (χ0) is 15.8. The van der Waals surface area contributed by atoms with Gasteiger partial charge in [-0.3, -0.25) is 4.79 Å². The number of urea groups is 1. The lowest BCUT2D eigenvalue weighted by Crippen LogP contribution is -2.36. The van der Waals surface area contributed by atoms with Crippen LogP contribution in [0.5, 0.6) is 0 Å². The Morgan fingerprint density at radius 1 is 0.864 bits per heavy atom. The molecule has 0 saturated heterocycles. The third-order valence-electron chi connectivity index (χ3n) is 2.93. The lowest BCUT2D eigenvalue weighted by atomic mass is 10.2. The summed E-state index contributed by atoms with van der Waals surface area (Å²) >= 11 is 0. The Morgan fingerprint density at radius 2 is 1.50 bits per heavy atom. The van der Waals surface area contributed by atoms with Crippen LogP contribution in [0.1, 0.15) is 10.4 Å². The van der Waals surface area contributed by atoms with Crippen molar-refractivity contribution in [1.82, 2.24) is 10.6 Å². The van der Waals surface area contributed by atoms with Gasteiger partial charge < -0.3 is 21.7 Å². The maximum atomic E-state index is 11.9. The largest absolute Gasteiger partial charge is 0.398 e. The van der Waals surface area contributed by atoms with Gasteiger partial charge in [-0.25, -0.2) is 4.79 Å². The Hall–Kier alpha value is -3.02. The molecule has 0 atom stereocenters. The second-order valence-electron chi connectivity index (χ2n) is 4.59. The Kier molecular flexibility index (Phi) is 5.37. The van der Waals surface area contributed by atoms with Crippen LogP contribution in [0, 0.1) is 0 Å². The van der Waals surface area contributed by atoms with Gasteiger partial charge in [0.2, 0.25) is 0 Å². The van der Waals surface area contributed by atoms with Crippen molar-refractivity contribution in [2.45, 2.75) is 0 Å². The van der Waals surface area contributed by atoms with Crippen LogP contribution >= 0.6 is 0 Å². The van der Waals surface area contributed by atoms with E-state index >= 15 is 0 Å². The molecule has 5 N–H and O–H groups in total. The Bertz CT molecular complexity index is 644. The number of hydrogen-bond acceptors (Lipinski definition) is 3. The van der Waals surface area contributed by atoms with Gasteiger partial charge in [0.1, 0.15) is 0 Å². The minimum absolute atomic E-state index is 0.261. The van der Waals surface area contributed by atoms with Crippen molar-refractivity contribution in [3.8, 4) is 0 Å². The van der Waals surface area contributed by atoms with Crippen molar-refractivity contribution in [2.24, 2.45) is 0 Å². The molecule has 2 rings (SSSR count). The van der Waals surface area contributed by atoms with Crippen LogP contribution in [0.3, 0.4) is 0 Å². The molecule has 0 radical (unpaired) electrons. The van der Waals surface area contributed by atoms with Gasteiger partial charge in [0.15, 0.2) is 0 Å². The number of rotatable bonds is 5. The van der Waals surface area contributed by atoms with Gasteiger partial charge in [-0.05, 0) is 24.3 Å². The fourth-order valence-corrected chi connectivity index (χ4v) is 1.85. The predicted octanol–water partition coefficient (Wildman–Crippen LogP) is 1.82. The maximum absolute atomic E-state index is 11.9. The van der Waals surface area contributed by atoms with Crippen molar-refractivity contribution in [1.29, 1.82) is 0 Å². The molecule has 6 heteroatoms. The molecule has 0 aromatic heterocycles. The summed E-state index contributed by atoms with van der Waals surface area (Å²) in [5.41, 5.74) is 7.28. The van der Waals surface area contributed by atoms with Gasteiger partial charge in [-0.2, -0.15) is 0 Å². The number of anilines is 2. The number of hydrogen-bond donors (Lipinski definition) is 4. The van der Waals surface area contributed by atoms with Gasteiger partial charge in [-0.1, -0.05) is 30.3 Å². The summed E-state index contributed by atoms with van der Waals surface area (Å²) in [7, 11) is 0. The normalized spacial score (nSPS) is 9.82. The molecule has 0 aliphatic carbocycles. The van der Waals surface area contributed by atoms with Crippen LogP contribution < -0.4 is 21.7 Å². The first-order chi connectivity index (χ1) is 10.7. The molecule has 0 bridgehead atoms. The molecule has 0 heterocycles. The van der Waals surface area contributed by atoms with E-state index in [2.05, 4.69) is 16.0 Å². The third kappa shape index (κ3) is 4.52. The summed E-state index contributed by atoms with van der Waals surface area (Å²) in [5.74, 6) is -0.261. The molecule has 22 heavy (non-hydrogen) atoms. The maximum Gasteiger partial charge on any atom is 0.319 e. The second kappa shape index (κ2) is 7.68. The van der Waals surface area contributed by atoms with E-state index < -0.39 is 0 Å². The van der Waals surface area contributed by atoms with Crippen LogP contribution in [0.25, 0.3) is 0 Å². The van der Waals surface area contributed by atoms with Gasteiger partial charge >= 0.3 is 6.03 Å². The highest BCUT2D eigenvalue weighted by molar-refractivity contribution is 5.99. The highest BCUT2D eigenvalue weighted by Crippen LogP contribution is 2.09. The number of carbonyl (C=O) groups is 2. The van der Waals surface area contributed by atoms with Crippen LogP contribution in [0.15, 0.2) is 54.6 Å². The predicted molar refractivity (Wildman–Crippen MR) is 86.7 cm³/mol. The van der Waals surface area contributed by atoms with Crippen molar-refractivity contribution in [3.63, 3.8) is 0 Å².